The average Bonchev–Trinajstić information content (AvgIpc) is 2.97. The number of hydrogen-bond acceptors (Lipinski definition) is 6. The molecule has 2 heterocycles. The van der Waals surface area contributed by atoms with Crippen LogP contribution in [-0.2, 0) is 6.54 Å². The van der Waals surface area contributed by atoms with Crippen molar-refractivity contribution < 1.29 is 9.84 Å². The second kappa shape index (κ2) is 6.80. The van der Waals surface area contributed by atoms with E-state index >= 15 is 0 Å². The molecule has 0 aliphatic carbocycles. The highest BCUT2D eigenvalue weighted by atomic mass is 35.5. The van der Waals surface area contributed by atoms with Gasteiger partial charge < -0.3 is 19.7 Å². The molecule has 0 fully saturated rings. The van der Waals surface area contributed by atoms with Gasteiger partial charge in [-0.2, -0.15) is 0 Å². The van der Waals surface area contributed by atoms with Gasteiger partial charge in [0.15, 0.2) is 11.5 Å². The maximum Gasteiger partial charge on any atom is 0.182 e. The van der Waals surface area contributed by atoms with Gasteiger partial charge in [0.05, 0.1) is 12.9 Å². The first kappa shape index (κ1) is 15.5. The Morgan fingerprint density at radius 3 is 2.78 bits per heavy atom. The fourth-order valence-electron chi connectivity index (χ4n) is 2.23. The number of anilines is 1. The lowest BCUT2D eigenvalue weighted by Crippen LogP contribution is -2.23. The van der Waals surface area contributed by atoms with Gasteiger partial charge in [0.1, 0.15) is 30.3 Å². The molecular formula is C15H16ClN5O2. The van der Waals surface area contributed by atoms with Crippen molar-refractivity contribution in [2.24, 2.45) is 0 Å². The number of rotatable bonds is 6. The van der Waals surface area contributed by atoms with Crippen LogP contribution in [0.3, 0.4) is 0 Å². The number of imidazole rings is 1. The molecule has 0 aliphatic heterocycles. The fourth-order valence-corrected chi connectivity index (χ4v) is 2.36. The number of aliphatic hydroxyl groups is 1. The predicted octanol–water partition coefficient (Wildman–Crippen LogP) is 1.96. The molecule has 1 unspecified atom stereocenters. The molecule has 0 amide bonds. The van der Waals surface area contributed by atoms with Crippen LogP contribution in [-0.4, -0.2) is 44.4 Å². The highest BCUT2D eigenvalue weighted by Gasteiger charge is 2.13. The molecule has 0 saturated heterocycles. The quantitative estimate of drug-likeness (QED) is 0.717. The summed E-state index contributed by atoms with van der Waals surface area (Å²) in [5.74, 6) is 1.32. The summed E-state index contributed by atoms with van der Waals surface area (Å²) in [6, 6.07) is 7.00. The van der Waals surface area contributed by atoms with Crippen molar-refractivity contribution in [3.8, 4) is 5.75 Å². The Hall–Kier alpha value is -2.38. The molecule has 0 aliphatic rings. The van der Waals surface area contributed by atoms with Gasteiger partial charge in [0.2, 0.25) is 0 Å². The summed E-state index contributed by atoms with van der Waals surface area (Å²) in [7, 11) is 1.78. The lowest BCUT2D eigenvalue weighted by Gasteiger charge is -2.14. The zero-order valence-electron chi connectivity index (χ0n) is 12.5. The highest BCUT2D eigenvalue weighted by molar-refractivity contribution is 6.30. The second-order valence-electron chi connectivity index (χ2n) is 4.96. The Morgan fingerprint density at radius 1 is 1.26 bits per heavy atom. The molecule has 1 aromatic carbocycles. The summed E-state index contributed by atoms with van der Waals surface area (Å²) >= 11 is 5.82. The SMILES string of the molecule is CNc1ncnc2ncn(CC(O)COc3ccc(Cl)cc3)c12. The van der Waals surface area contributed by atoms with E-state index in [-0.39, 0.29) is 6.61 Å². The number of fused-ring (bicyclic) bond motifs is 1. The molecule has 7 nitrogen and oxygen atoms in total. The molecule has 23 heavy (non-hydrogen) atoms. The van der Waals surface area contributed by atoms with Crippen LogP contribution in [0.1, 0.15) is 0 Å². The minimum Gasteiger partial charge on any atom is -0.491 e. The van der Waals surface area contributed by atoms with Crippen molar-refractivity contribution in [2.45, 2.75) is 12.6 Å². The number of aromatic nitrogens is 4. The summed E-state index contributed by atoms with van der Waals surface area (Å²) in [6.07, 6.45) is 2.38. The Morgan fingerprint density at radius 2 is 2.04 bits per heavy atom. The topological polar surface area (TPSA) is 85.1 Å². The molecule has 0 spiro atoms. The standard InChI is InChI=1S/C15H16ClN5O2/c1-17-14-13-15(19-8-18-14)20-9-21(13)6-11(22)7-23-12-4-2-10(16)3-5-12/h2-5,8-9,11,22H,6-7H2,1H3,(H,17,18,19). The van der Waals surface area contributed by atoms with Crippen molar-refractivity contribution in [3.05, 3.63) is 41.9 Å². The average molecular weight is 334 g/mol. The lowest BCUT2D eigenvalue weighted by molar-refractivity contribution is 0.0934. The molecule has 3 aromatic rings. The molecule has 2 aromatic heterocycles. The second-order valence-corrected chi connectivity index (χ2v) is 5.40. The minimum atomic E-state index is -0.701. The number of benzene rings is 1. The lowest BCUT2D eigenvalue weighted by atomic mass is 10.3. The molecular weight excluding hydrogens is 318 g/mol. The minimum absolute atomic E-state index is 0.157. The van der Waals surface area contributed by atoms with E-state index in [9.17, 15) is 5.11 Å². The van der Waals surface area contributed by atoms with Gasteiger partial charge >= 0.3 is 0 Å². The van der Waals surface area contributed by atoms with Crippen LogP contribution in [0, 0.1) is 0 Å². The van der Waals surface area contributed by atoms with Gasteiger partial charge in [-0.05, 0) is 24.3 Å². The number of ether oxygens (including phenoxy) is 1. The maximum atomic E-state index is 10.2. The molecule has 1 atom stereocenters. The third kappa shape index (κ3) is 3.52. The van der Waals surface area contributed by atoms with Crippen LogP contribution in [0.5, 0.6) is 5.75 Å². The number of nitrogens with zero attached hydrogens (tertiary/aromatic N) is 4. The first-order chi connectivity index (χ1) is 11.2. The first-order valence-electron chi connectivity index (χ1n) is 7.07. The van der Waals surface area contributed by atoms with E-state index in [1.165, 1.54) is 6.33 Å². The third-order valence-corrected chi connectivity index (χ3v) is 3.56. The Balaban J connectivity index is 1.68. The van der Waals surface area contributed by atoms with E-state index < -0.39 is 6.10 Å². The molecule has 120 valence electrons. The number of hydrogen-bond donors (Lipinski definition) is 2. The van der Waals surface area contributed by atoms with Crippen LogP contribution >= 0.6 is 11.6 Å². The molecule has 3 rings (SSSR count). The van der Waals surface area contributed by atoms with Gasteiger partial charge in [-0.1, -0.05) is 11.6 Å². The largest absolute Gasteiger partial charge is 0.491 e. The van der Waals surface area contributed by atoms with Crippen molar-refractivity contribution in [2.75, 3.05) is 19.0 Å². The zero-order chi connectivity index (χ0) is 16.2. The Labute approximate surface area is 137 Å². The number of nitrogens with one attached hydrogen (secondary N) is 1. The summed E-state index contributed by atoms with van der Waals surface area (Å²) in [5.41, 5.74) is 1.33. The normalized spacial score (nSPS) is 12.3. The van der Waals surface area contributed by atoms with Gasteiger partial charge in [-0.3, -0.25) is 0 Å². The van der Waals surface area contributed by atoms with Crippen molar-refractivity contribution >= 4 is 28.6 Å². The third-order valence-electron chi connectivity index (χ3n) is 3.31. The van der Waals surface area contributed by atoms with E-state index in [4.69, 9.17) is 16.3 Å². The summed E-state index contributed by atoms with van der Waals surface area (Å²) in [4.78, 5) is 12.5. The van der Waals surface area contributed by atoms with E-state index in [2.05, 4.69) is 20.3 Å². The van der Waals surface area contributed by atoms with E-state index in [1.807, 2.05) is 0 Å². The van der Waals surface area contributed by atoms with E-state index in [1.54, 1.807) is 42.2 Å². The summed E-state index contributed by atoms with van der Waals surface area (Å²) in [6.45, 7) is 0.482. The van der Waals surface area contributed by atoms with Gasteiger partial charge in [-0.25, -0.2) is 15.0 Å². The monoisotopic (exact) mass is 333 g/mol. The van der Waals surface area contributed by atoms with Gasteiger partial charge in [0.25, 0.3) is 0 Å². The highest BCUT2D eigenvalue weighted by Crippen LogP contribution is 2.19. The molecule has 2 N–H and O–H groups in total. The molecule has 0 radical (unpaired) electrons. The van der Waals surface area contributed by atoms with Crippen LogP contribution in [0.15, 0.2) is 36.9 Å². The van der Waals surface area contributed by atoms with Crippen LogP contribution in [0.25, 0.3) is 11.2 Å². The fraction of sp³-hybridized carbons (Fsp3) is 0.267. The Kier molecular flexibility index (Phi) is 4.59. The van der Waals surface area contributed by atoms with Crippen LogP contribution in [0.2, 0.25) is 5.02 Å². The molecule has 8 heteroatoms. The summed E-state index contributed by atoms with van der Waals surface area (Å²) in [5, 5.41) is 13.8. The van der Waals surface area contributed by atoms with Crippen LogP contribution in [0.4, 0.5) is 5.82 Å². The van der Waals surface area contributed by atoms with Gasteiger partial charge in [0, 0.05) is 12.1 Å². The van der Waals surface area contributed by atoms with Gasteiger partial charge in [-0.15, -0.1) is 0 Å². The summed E-state index contributed by atoms with van der Waals surface area (Å²) < 4.78 is 7.35. The van der Waals surface area contributed by atoms with Crippen LogP contribution < -0.4 is 10.1 Å². The first-order valence-corrected chi connectivity index (χ1v) is 7.45. The predicted molar refractivity (Wildman–Crippen MR) is 87.8 cm³/mol. The molecule has 0 bridgehead atoms. The Bertz CT molecular complexity index is 790. The smallest absolute Gasteiger partial charge is 0.182 e. The van der Waals surface area contributed by atoms with E-state index in [0.717, 1.165) is 5.52 Å². The number of aliphatic hydroxyl groups excluding tert-OH is 1. The number of halogens is 1. The van der Waals surface area contributed by atoms with Crippen molar-refractivity contribution in [1.29, 1.82) is 0 Å². The van der Waals surface area contributed by atoms with E-state index in [0.29, 0.717) is 28.8 Å². The molecule has 0 saturated carbocycles. The van der Waals surface area contributed by atoms with Crippen molar-refractivity contribution in [1.82, 2.24) is 19.5 Å². The van der Waals surface area contributed by atoms with Crippen molar-refractivity contribution in [3.63, 3.8) is 0 Å². The maximum absolute atomic E-state index is 10.2. The zero-order valence-corrected chi connectivity index (χ0v) is 13.2.